The fourth-order valence-corrected chi connectivity index (χ4v) is 2.25. The number of nitrogens with one attached hydrogen (secondary N) is 3. The summed E-state index contributed by atoms with van der Waals surface area (Å²) < 4.78 is 5.46. The first-order valence-corrected chi connectivity index (χ1v) is 7.58. The lowest BCUT2D eigenvalue weighted by atomic mass is 10.0. The second-order valence-electron chi connectivity index (χ2n) is 5.76. The molecule has 6 heteroatoms. The summed E-state index contributed by atoms with van der Waals surface area (Å²) in [7, 11) is 0. The molecule has 0 saturated carbocycles. The van der Waals surface area contributed by atoms with E-state index in [1.54, 1.807) is 0 Å². The van der Waals surface area contributed by atoms with Gasteiger partial charge in [0, 0.05) is 31.2 Å². The van der Waals surface area contributed by atoms with E-state index in [0.717, 1.165) is 25.4 Å². The van der Waals surface area contributed by atoms with Crippen molar-refractivity contribution < 1.29 is 9.53 Å². The number of ether oxygens (including phenoxy) is 1. The van der Waals surface area contributed by atoms with Crippen molar-refractivity contribution in [3.63, 3.8) is 0 Å². The Morgan fingerprint density at radius 2 is 2.09 bits per heavy atom. The highest BCUT2D eigenvalue weighted by molar-refractivity contribution is 5.89. The van der Waals surface area contributed by atoms with Crippen LogP contribution in [-0.4, -0.2) is 38.9 Å². The Bertz CT molecular complexity index is 443. The summed E-state index contributed by atoms with van der Waals surface area (Å²) in [6.45, 7) is 8.11. The lowest BCUT2D eigenvalue weighted by molar-refractivity contribution is 0.123. The van der Waals surface area contributed by atoms with Crippen molar-refractivity contribution in [2.75, 3.05) is 38.2 Å². The Hall–Kier alpha value is -1.30. The van der Waals surface area contributed by atoms with Crippen LogP contribution in [0.4, 0.5) is 10.5 Å². The van der Waals surface area contributed by atoms with Crippen molar-refractivity contribution >= 4 is 24.1 Å². The normalized spacial score (nSPS) is 18.2. The Labute approximate surface area is 138 Å². The molecule has 1 atom stereocenters. The first-order valence-electron chi connectivity index (χ1n) is 7.58. The molecule has 0 bridgehead atoms. The summed E-state index contributed by atoms with van der Waals surface area (Å²) in [6, 6.07) is 7.79. The smallest absolute Gasteiger partial charge is 0.319 e. The SMILES string of the molecule is CC(C)c1ccc(NC(=O)NCC2CNCCOC2)cc1.Cl. The average molecular weight is 328 g/mol. The van der Waals surface area contributed by atoms with Gasteiger partial charge < -0.3 is 20.7 Å². The third-order valence-corrected chi connectivity index (χ3v) is 3.60. The average Bonchev–Trinajstić information content (AvgIpc) is 2.74. The molecule has 1 saturated heterocycles. The number of urea groups is 1. The summed E-state index contributed by atoms with van der Waals surface area (Å²) in [5, 5.41) is 9.04. The molecule has 0 aromatic heterocycles. The van der Waals surface area contributed by atoms with Crippen LogP contribution in [0.1, 0.15) is 25.3 Å². The van der Waals surface area contributed by atoms with Crippen LogP contribution >= 0.6 is 12.4 Å². The van der Waals surface area contributed by atoms with Crippen LogP contribution in [0.15, 0.2) is 24.3 Å². The minimum absolute atomic E-state index is 0. The van der Waals surface area contributed by atoms with Gasteiger partial charge in [-0.05, 0) is 23.6 Å². The number of rotatable bonds is 4. The maximum Gasteiger partial charge on any atom is 0.319 e. The minimum Gasteiger partial charge on any atom is -0.380 e. The van der Waals surface area contributed by atoms with Gasteiger partial charge in [0.15, 0.2) is 0 Å². The number of carbonyl (C=O) groups excluding carboxylic acids is 1. The predicted molar refractivity (Wildman–Crippen MR) is 92.0 cm³/mol. The van der Waals surface area contributed by atoms with Crippen molar-refractivity contribution in [1.82, 2.24) is 10.6 Å². The highest BCUT2D eigenvalue weighted by Crippen LogP contribution is 2.16. The van der Waals surface area contributed by atoms with Gasteiger partial charge >= 0.3 is 6.03 Å². The number of carbonyl (C=O) groups is 1. The molecule has 2 rings (SSSR count). The van der Waals surface area contributed by atoms with E-state index < -0.39 is 0 Å². The molecule has 1 aromatic rings. The van der Waals surface area contributed by atoms with Crippen LogP contribution in [0.5, 0.6) is 0 Å². The summed E-state index contributed by atoms with van der Waals surface area (Å²) in [6.07, 6.45) is 0. The van der Waals surface area contributed by atoms with Gasteiger partial charge in [-0.1, -0.05) is 26.0 Å². The fourth-order valence-electron chi connectivity index (χ4n) is 2.25. The quantitative estimate of drug-likeness (QED) is 0.796. The van der Waals surface area contributed by atoms with Gasteiger partial charge in [-0.3, -0.25) is 0 Å². The third kappa shape index (κ3) is 6.22. The molecule has 0 spiro atoms. The molecule has 3 N–H and O–H groups in total. The van der Waals surface area contributed by atoms with E-state index in [4.69, 9.17) is 4.74 Å². The molecule has 5 nitrogen and oxygen atoms in total. The second-order valence-corrected chi connectivity index (χ2v) is 5.76. The van der Waals surface area contributed by atoms with Crippen molar-refractivity contribution in [1.29, 1.82) is 0 Å². The monoisotopic (exact) mass is 327 g/mol. The van der Waals surface area contributed by atoms with Gasteiger partial charge in [-0.15, -0.1) is 12.4 Å². The summed E-state index contributed by atoms with van der Waals surface area (Å²) in [4.78, 5) is 11.9. The van der Waals surface area contributed by atoms with Crippen LogP contribution in [0.2, 0.25) is 0 Å². The van der Waals surface area contributed by atoms with Gasteiger partial charge in [0.25, 0.3) is 0 Å². The van der Waals surface area contributed by atoms with Crippen LogP contribution < -0.4 is 16.0 Å². The van der Waals surface area contributed by atoms with E-state index in [9.17, 15) is 4.79 Å². The standard InChI is InChI=1S/C16H25N3O2.ClH/c1-12(2)14-3-5-15(6-4-14)19-16(20)18-10-13-9-17-7-8-21-11-13;/h3-6,12-13,17H,7-11H2,1-2H3,(H2,18,19,20);1H. The van der Waals surface area contributed by atoms with Crippen molar-refractivity contribution in [3.05, 3.63) is 29.8 Å². The van der Waals surface area contributed by atoms with Crippen LogP contribution in [0, 0.1) is 5.92 Å². The molecule has 1 aromatic carbocycles. The first kappa shape index (κ1) is 18.7. The molecule has 2 amide bonds. The Morgan fingerprint density at radius 1 is 1.36 bits per heavy atom. The molecular weight excluding hydrogens is 302 g/mol. The van der Waals surface area contributed by atoms with Crippen LogP contribution in [0.25, 0.3) is 0 Å². The van der Waals surface area contributed by atoms with Crippen molar-refractivity contribution in [2.45, 2.75) is 19.8 Å². The number of hydrogen-bond donors (Lipinski definition) is 3. The third-order valence-electron chi connectivity index (χ3n) is 3.60. The molecule has 124 valence electrons. The molecule has 0 radical (unpaired) electrons. The number of amides is 2. The van der Waals surface area contributed by atoms with E-state index >= 15 is 0 Å². The highest BCUT2D eigenvalue weighted by Gasteiger charge is 2.13. The Balaban J connectivity index is 0.00000242. The highest BCUT2D eigenvalue weighted by atomic mass is 35.5. The summed E-state index contributed by atoms with van der Waals surface area (Å²) >= 11 is 0. The maximum absolute atomic E-state index is 11.9. The van der Waals surface area contributed by atoms with E-state index in [1.165, 1.54) is 5.56 Å². The molecular formula is C16H26ClN3O2. The number of anilines is 1. The van der Waals surface area contributed by atoms with Gasteiger partial charge in [0.05, 0.1) is 13.2 Å². The minimum atomic E-state index is -0.170. The molecule has 1 heterocycles. The van der Waals surface area contributed by atoms with Crippen molar-refractivity contribution in [2.24, 2.45) is 5.92 Å². The second kappa shape index (κ2) is 9.66. The molecule has 22 heavy (non-hydrogen) atoms. The zero-order valence-electron chi connectivity index (χ0n) is 13.2. The lowest BCUT2D eigenvalue weighted by Crippen LogP contribution is -2.37. The van der Waals surface area contributed by atoms with E-state index in [-0.39, 0.29) is 18.4 Å². The molecule has 1 unspecified atom stereocenters. The molecule has 1 aliphatic heterocycles. The summed E-state index contributed by atoms with van der Waals surface area (Å²) in [5.41, 5.74) is 2.08. The molecule has 1 aliphatic rings. The van der Waals surface area contributed by atoms with Crippen LogP contribution in [-0.2, 0) is 4.74 Å². The van der Waals surface area contributed by atoms with E-state index in [2.05, 4.69) is 29.8 Å². The van der Waals surface area contributed by atoms with E-state index in [0.29, 0.717) is 25.0 Å². The number of benzene rings is 1. The zero-order chi connectivity index (χ0) is 15.1. The van der Waals surface area contributed by atoms with Gasteiger partial charge in [0.2, 0.25) is 0 Å². The fraction of sp³-hybridized carbons (Fsp3) is 0.562. The number of halogens is 1. The molecule has 1 fully saturated rings. The molecule has 0 aliphatic carbocycles. The zero-order valence-corrected chi connectivity index (χ0v) is 14.0. The Kier molecular flexibility index (Phi) is 8.24. The van der Waals surface area contributed by atoms with Gasteiger partial charge in [0.1, 0.15) is 0 Å². The lowest BCUT2D eigenvalue weighted by Gasteiger charge is -2.15. The van der Waals surface area contributed by atoms with Gasteiger partial charge in [-0.2, -0.15) is 0 Å². The predicted octanol–water partition coefficient (Wildman–Crippen LogP) is 2.59. The van der Waals surface area contributed by atoms with E-state index in [1.807, 2.05) is 24.3 Å². The van der Waals surface area contributed by atoms with Crippen molar-refractivity contribution in [3.8, 4) is 0 Å². The first-order chi connectivity index (χ1) is 10.1. The number of hydrogen-bond acceptors (Lipinski definition) is 3. The maximum atomic E-state index is 11.9. The topological polar surface area (TPSA) is 62.4 Å². The Morgan fingerprint density at radius 3 is 2.77 bits per heavy atom. The largest absolute Gasteiger partial charge is 0.380 e. The summed E-state index contributed by atoms with van der Waals surface area (Å²) in [5.74, 6) is 0.817. The van der Waals surface area contributed by atoms with Gasteiger partial charge in [-0.25, -0.2) is 4.79 Å². The van der Waals surface area contributed by atoms with Crippen LogP contribution in [0.3, 0.4) is 0 Å².